The van der Waals surface area contributed by atoms with Gasteiger partial charge in [0.2, 0.25) is 0 Å². The topological polar surface area (TPSA) is 84.0 Å². The second kappa shape index (κ2) is 4.71. The Labute approximate surface area is 77.3 Å². The molecule has 1 atom stereocenters. The number of amidine groups is 1. The Kier molecular flexibility index (Phi) is 4.62. The molecule has 3 N–H and O–H groups in total. The molecule has 1 unspecified atom stereocenters. The highest BCUT2D eigenvalue weighted by Gasteiger charge is 2.07. The maximum atomic E-state index is 10.7. The Balaban J connectivity index is 3.65. The predicted octanol–water partition coefficient (Wildman–Crippen LogP) is 0.0887. The fourth-order valence-corrected chi connectivity index (χ4v) is 2.60. The van der Waals surface area contributed by atoms with Gasteiger partial charge in [0.15, 0.2) is 0 Å². The number of rotatable bonds is 5. The molecule has 0 saturated carbocycles. The van der Waals surface area contributed by atoms with Crippen LogP contribution in [0.25, 0.3) is 0 Å². The largest absolute Gasteiger partial charge is 0.387 e. The van der Waals surface area contributed by atoms with E-state index in [1.165, 1.54) is 18.0 Å². The maximum absolute atomic E-state index is 10.7. The first-order valence-corrected chi connectivity index (χ1v) is 6.57. The first-order valence-electron chi connectivity index (χ1n) is 3.46. The van der Waals surface area contributed by atoms with Crippen LogP contribution in [-0.2, 0) is 9.84 Å². The molecule has 0 bridgehead atoms. The van der Waals surface area contributed by atoms with Gasteiger partial charge in [0, 0.05) is 12.0 Å². The molecule has 12 heavy (non-hydrogen) atoms. The van der Waals surface area contributed by atoms with Gasteiger partial charge in [-0.25, -0.2) is 8.42 Å². The predicted molar refractivity (Wildman–Crippen MR) is 53.5 cm³/mol. The number of sulfone groups is 1. The van der Waals surface area contributed by atoms with E-state index < -0.39 is 9.84 Å². The average Bonchev–Trinajstić information content (AvgIpc) is 1.84. The van der Waals surface area contributed by atoms with E-state index in [0.717, 1.165) is 0 Å². The highest BCUT2D eigenvalue weighted by Crippen LogP contribution is 2.09. The Morgan fingerprint density at radius 3 is 2.50 bits per heavy atom. The van der Waals surface area contributed by atoms with E-state index >= 15 is 0 Å². The minimum Gasteiger partial charge on any atom is -0.387 e. The first-order chi connectivity index (χ1) is 5.33. The third-order valence-corrected chi connectivity index (χ3v) is 3.66. The van der Waals surface area contributed by atoms with Crippen molar-refractivity contribution in [3.8, 4) is 0 Å². The van der Waals surface area contributed by atoms with E-state index in [1.807, 2.05) is 0 Å². The van der Waals surface area contributed by atoms with E-state index in [1.54, 1.807) is 6.92 Å². The van der Waals surface area contributed by atoms with Crippen LogP contribution < -0.4 is 5.73 Å². The molecule has 6 heteroatoms. The summed E-state index contributed by atoms with van der Waals surface area (Å²) in [6.45, 7) is 1.79. The van der Waals surface area contributed by atoms with E-state index in [-0.39, 0.29) is 16.8 Å². The minimum atomic E-state index is -2.88. The second-order valence-corrected chi connectivity index (χ2v) is 6.31. The summed E-state index contributed by atoms with van der Waals surface area (Å²) in [7, 11) is -2.88. The maximum Gasteiger partial charge on any atom is 0.148 e. The number of thioether (sulfide) groups is 1. The van der Waals surface area contributed by atoms with Crippen molar-refractivity contribution in [2.24, 2.45) is 5.73 Å². The molecule has 0 radical (unpaired) electrons. The zero-order valence-corrected chi connectivity index (χ0v) is 8.83. The molecule has 0 aromatic rings. The van der Waals surface area contributed by atoms with Crippen LogP contribution in [-0.4, -0.2) is 37.3 Å². The van der Waals surface area contributed by atoms with Crippen LogP contribution in [0, 0.1) is 5.41 Å². The molecular formula is C6H14N2O2S2. The molecular weight excluding hydrogens is 196 g/mol. The van der Waals surface area contributed by atoms with Gasteiger partial charge in [-0.15, -0.1) is 11.8 Å². The molecule has 0 spiro atoms. The third-order valence-electron chi connectivity index (χ3n) is 1.26. The molecule has 0 saturated heterocycles. The molecule has 4 nitrogen and oxygen atoms in total. The molecule has 0 aromatic heterocycles. The van der Waals surface area contributed by atoms with Crippen molar-refractivity contribution in [1.29, 1.82) is 5.41 Å². The fraction of sp³-hybridized carbons (Fsp3) is 0.833. The summed E-state index contributed by atoms with van der Waals surface area (Å²) in [5, 5.41) is 6.95. The van der Waals surface area contributed by atoms with Gasteiger partial charge in [-0.2, -0.15) is 0 Å². The van der Waals surface area contributed by atoms with Crippen molar-refractivity contribution >= 4 is 27.4 Å². The standard InChI is InChI=1S/C6H14N2O2S2/c1-5(6(7)8)11-3-4-12(2,9)10/h5H,3-4H2,1-2H3,(H3,7,8). The SMILES string of the molecule is CC(SCCS(C)(=O)=O)C(=N)N. The zero-order chi connectivity index (χ0) is 9.78. The molecule has 72 valence electrons. The van der Waals surface area contributed by atoms with Gasteiger partial charge < -0.3 is 5.73 Å². The van der Waals surface area contributed by atoms with Crippen molar-refractivity contribution in [3.63, 3.8) is 0 Å². The summed E-state index contributed by atoms with van der Waals surface area (Å²) >= 11 is 1.38. The van der Waals surface area contributed by atoms with Gasteiger partial charge in [-0.1, -0.05) is 0 Å². The monoisotopic (exact) mass is 210 g/mol. The van der Waals surface area contributed by atoms with Gasteiger partial charge in [-0.05, 0) is 6.92 Å². The summed E-state index contributed by atoms with van der Waals surface area (Å²) in [4.78, 5) is 0. The molecule has 0 aliphatic rings. The molecule has 0 amide bonds. The number of nitrogens with two attached hydrogens (primary N) is 1. The lowest BCUT2D eigenvalue weighted by atomic mass is 10.4. The Morgan fingerprint density at radius 2 is 2.17 bits per heavy atom. The van der Waals surface area contributed by atoms with Crippen LogP contribution in [0.15, 0.2) is 0 Å². The molecule has 0 heterocycles. The van der Waals surface area contributed by atoms with Crippen LogP contribution in [0.2, 0.25) is 0 Å². The quantitative estimate of drug-likeness (QED) is 0.497. The lowest BCUT2D eigenvalue weighted by Gasteiger charge is -2.07. The Hall–Kier alpha value is -0.230. The third kappa shape index (κ3) is 6.48. The summed E-state index contributed by atoms with van der Waals surface area (Å²) < 4.78 is 21.4. The average molecular weight is 210 g/mol. The lowest BCUT2D eigenvalue weighted by Crippen LogP contribution is -2.23. The van der Waals surface area contributed by atoms with E-state index in [2.05, 4.69) is 0 Å². The van der Waals surface area contributed by atoms with Crippen molar-refractivity contribution in [2.45, 2.75) is 12.2 Å². The number of hydrogen-bond acceptors (Lipinski definition) is 4. The van der Waals surface area contributed by atoms with Crippen molar-refractivity contribution in [1.82, 2.24) is 0 Å². The van der Waals surface area contributed by atoms with Crippen molar-refractivity contribution in [2.75, 3.05) is 17.8 Å². The minimum absolute atomic E-state index is 0.0910. The summed E-state index contributed by atoms with van der Waals surface area (Å²) in [6, 6.07) is 0. The Morgan fingerprint density at radius 1 is 1.67 bits per heavy atom. The van der Waals surface area contributed by atoms with Crippen molar-refractivity contribution in [3.05, 3.63) is 0 Å². The lowest BCUT2D eigenvalue weighted by molar-refractivity contribution is 0.603. The highest BCUT2D eigenvalue weighted by atomic mass is 32.2. The van der Waals surface area contributed by atoms with Crippen LogP contribution in [0.5, 0.6) is 0 Å². The van der Waals surface area contributed by atoms with Crippen LogP contribution in [0.1, 0.15) is 6.92 Å². The van der Waals surface area contributed by atoms with Gasteiger partial charge >= 0.3 is 0 Å². The number of nitrogens with one attached hydrogen (secondary N) is 1. The van der Waals surface area contributed by atoms with E-state index in [0.29, 0.717) is 5.75 Å². The van der Waals surface area contributed by atoms with E-state index in [9.17, 15) is 8.42 Å². The fourth-order valence-electron chi connectivity index (χ4n) is 0.466. The smallest absolute Gasteiger partial charge is 0.148 e. The molecule has 0 rings (SSSR count). The molecule has 0 aliphatic heterocycles. The summed E-state index contributed by atoms with van der Waals surface area (Å²) in [6.07, 6.45) is 1.20. The van der Waals surface area contributed by atoms with Crippen LogP contribution >= 0.6 is 11.8 Å². The summed E-state index contributed by atoms with van der Waals surface area (Å²) in [5.41, 5.74) is 5.20. The zero-order valence-electron chi connectivity index (χ0n) is 7.20. The highest BCUT2D eigenvalue weighted by molar-refractivity contribution is 8.01. The molecule has 0 aromatic carbocycles. The number of hydrogen-bond donors (Lipinski definition) is 2. The molecule has 0 aliphatic carbocycles. The van der Waals surface area contributed by atoms with Crippen molar-refractivity contribution < 1.29 is 8.42 Å². The molecule has 0 fully saturated rings. The van der Waals surface area contributed by atoms with Gasteiger partial charge in [0.05, 0.1) is 11.0 Å². The van der Waals surface area contributed by atoms with Crippen LogP contribution in [0.4, 0.5) is 0 Å². The summed E-state index contributed by atoms with van der Waals surface area (Å²) in [5.74, 6) is 0.739. The van der Waals surface area contributed by atoms with E-state index in [4.69, 9.17) is 11.1 Å². The van der Waals surface area contributed by atoms with Gasteiger partial charge in [0.1, 0.15) is 15.7 Å². The first kappa shape index (κ1) is 11.8. The Bertz CT molecular complexity index is 248. The van der Waals surface area contributed by atoms with Gasteiger partial charge in [-0.3, -0.25) is 5.41 Å². The normalized spacial score (nSPS) is 14.2. The van der Waals surface area contributed by atoms with Crippen LogP contribution in [0.3, 0.4) is 0 Å². The second-order valence-electron chi connectivity index (χ2n) is 2.60. The van der Waals surface area contributed by atoms with Gasteiger partial charge in [0.25, 0.3) is 0 Å².